The molecule has 2 aliphatic rings. The second-order valence-corrected chi connectivity index (χ2v) is 8.21. The summed E-state index contributed by atoms with van der Waals surface area (Å²) in [5.74, 6) is 0.528. The molecular weight excluding hydrogens is 338 g/mol. The third-order valence-corrected chi connectivity index (χ3v) is 5.73. The van der Waals surface area contributed by atoms with Crippen LogP contribution in [0.1, 0.15) is 42.7 Å². The Bertz CT molecular complexity index is 836. The second-order valence-electron chi connectivity index (χ2n) is 8.21. The Kier molecular flexibility index (Phi) is 4.54. The first-order valence-electron chi connectivity index (χ1n) is 9.81. The minimum atomic E-state index is -0.374. The third kappa shape index (κ3) is 3.27. The number of carbonyl (C=O) groups excluding carboxylic acids is 2. The summed E-state index contributed by atoms with van der Waals surface area (Å²) in [6.07, 6.45) is 3.73. The van der Waals surface area contributed by atoms with Crippen LogP contribution in [0.4, 0.5) is 0 Å². The summed E-state index contributed by atoms with van der Waals surface area (Å²) in [7, 11) is 0. The number of hydrogen-bond donors (Lipinski definition) is 1. The molecule has 5 nitrogen and oxygen atoms in total. The van der Waals surface area contributed by atoms with Crippen LogP contribution in [0.2, 0.25) is 0 Å². The van der Waals surface area contributed by atoms with Gasteiger partial charge in [0, 0.05) is 25.8 Å². The highest BCUT2D eigenvalue weighted by atomic mass is 16.2. The van der Waals surface area contributed by atoms with E-state index in [1.165, 1.54) is 0 Å². The second kappa shape index (κ2) is 6.87. The SMILES string of the molecule is CC(C)CN1C(=O)c2cccn2CC1CNC(=O)C1(c2ccccc2)CC1. The summed E-state index contributed by atoms with van der Waals surface area (Å²) < 4.78 is 2.00. The van der Waals surface area contributed by atoms with Gasteiger partial charge in [-0.1, -0.05) is 44.2 Å². The Morgan fingerprint density at radius 3 is 2.59 bits per heavy atom. The number of amides is 2. The predicted octanol–water partition coefficient (Wildman–Crippen LogP) is 2.82. The molecule has 1 aromatic heterocycles. The minimum absolute atomic E-state index is 0.0182. The van der Waals surface area contributed by atoms with Crippen LogP contribution in [0.3, 0.4) is 0 Å². The van der Waals surface area contributed by atoms with E-state index in [9.17, 15) is 9.59 Å². The molecule has 27 heavy (non-hydrogen) atoms. The van der Waals surface area contributed by atoms with Crippen molar-refractivity contribution in [3.63, 3.8) is 0 Å². The molecule has 2 amide bonds. The maximum atomic E-state index is 13.0. The van der Waals surface area contributed by atoms with Gasteiger partial charge in [0.15, 0.2) is 0 Å². The van der Waals surface area contributed by atoms with E-state index in [2.05, 4.69) is 19.2 Å². The monoisotopic (exact) mass is 365 g/mol. The maximum absolute atomic E-state index is 13.0. The Labute approximate surface area is 160 Å². The summed E-state index contributed by atoms with van der Waals surface area (Å²) in [5.41, 5.74) is 1.46. The summed E-state index contributed by atoms with van der Waals surface area (Å²) in [4.78, 5) is 27.8. The van der Waals surface area contributed by atoms with E-state index < -0.39 is 0 Å². The van der Waals surface area contributed by atoms with Gasteiger partial charge in [0.05, 0.1) is 11.5 Å². The van der Waals surface area contributed by atoms with E-state index in [-0.39, 0.29) is 23.3 Å². The molecule has 0 radical (unpaired) electrons. The standard InChI is InChI=1S/C22H27N3O2/c1-16(2)14-25-18(15-24-12-6-9-19(24)20(25)26)13-23-21(27)22(10-11-22)17-7-4-3-5-8-17/h3-9,12,16,18H,10-11,13-15H2,1-2H3,(H,23,27). The zero-order valence-corrected chi connectivity index (χ0v) is 16.0. The zero-order valence-electron chi connectivity index (χ0n) is 16.0. The van der Waals surface area contributed by atoms with Crippen molar-refractivity contribution in [2.45, 2.75) is 44.7 Å². The molecule has 1 aliphatic carbocycles. The molecule has 0 saturated heterocycles. The van der Waals surface area contributed by atoms with Gasteiger partial charge in [-0.05, 0) is 36.5 Å². The molecule has 1 aromatic carbocycles. The maximum Gasteiger partial charge on any atom is 0.270 e. The van der Waals surface area contributed by atoms with E-state index in [4.69, 9.17) is 0 Å². The lowest BCUT2D eigenvalue weighted by Gasteiger charge is -2.38. The van der Waals surface area contributed by atoms with Crippen LogP contribution in [0.25, 0.3) is 0 Å². The Hall–Kier alpha value is -2.56. The third-order valence-electron chi connectivity index (χ3n) is 5.73. The van der Waals surface area contributed by atoms with Crippen molar-refractivity contribution in [2.75, 3.05) is 13.1 Å². The first-order chi connectivity index (χ1) is 13.0. The van der Waals surface area contributed by atoms with Crippen molar-refractivity contribution in [1.82, 2.24) is 14.8 Å². The fourth-order valence-electron chi connectivity index (χ4n) is 4.11. The van der Waals surface area contributed by atoms with Gasteiger partial charge < -0.3 is 14.8 Å². The normalized spacial score (nSPS) is 20.5. The summed E-state index contributed by atoms with van der Waals surface area (Å²) >= 11 is 0. The van der Waals surface area contributed by atoms with Crippen molar-refractivity contribution in [2.24, 2.45) is 5.92 Å². The number of fused-ring (bicyclic) bond motifs is 1. The Morgan fingerprint density at radius 1 is 1.19 bits per heavy atom. The predicted molar refractivity (Wildman–Crippen MR) is 104 cm³/mol. The van der Waals surface area contributed by atoms with Crippen LogP contribution < -0.4 is 5.32 Å². The Morgan fingerprint density at radius 2 is 1.93 bits per heavy atom. The quantitative estimate of drug-likeness (QED) is 0.856. The van der Waals surface area contributed by atoms with E-state index in [1.807, 2.05) is 58.1 Å². The highest BCUT2D eigenvalue weighted by Gasteiger charge is 2.51. The minimum Gasteiger partial charge on any atom is -0.353 e. The van der Waals surface area contributed by atoms with Crippen molar-refractivity contribution in [1.29, 1.82) is 0 Å². The average Bonchev–Trinajstić information content (AvgIpc) is 3.35. The van der Waals surface area contributed by atoms with E-state index in [0.29, 0.717) is 19.0 Å². The van der Waals surface area contributed by atoms with Crippen LogP contribution in [-0.4, -0.2) is 40.4 Å². The first kappa shape index (κ1) is 17.8. The van der Waals surface area contributed by atoms with Gasteiger partial charge >= 0.3 is 0 Å². The van der Waals surface area contributed by atoms with Gasteiger partial charge in [0.25, 0.3) is 5.91 Å². The average molecular weight is 365 g/mol. The van der Waals surface area contributed by atoms with Gasteiger partial charge in [-0.2, -0.15) is 0 Å². The lowest BCUT2D eigenvalue weighted by Crippen LogP contribution is -2.54. The summed E-state index contributed by atoms with van der Waals surface area (Å²) in [6.45, 7) is 6.15. The number of hydrogen-bond acceptors (Lipinski definition) is 2. The number of nitrogens with one attached hydrogen (secondary N) is 1. The van der Waals surface area contributed by atoms with Gasteiger partial charge in [-0.15, -0.1) is 0 Å². The van der Waals surface area contributed by atoms with Crippen LogP contribution in [-0.2, 0) is 16.8 Å². The van der Waals surface area contributed by atoms with Gasteiger partial charge in [0.1, 0.15) is 5.69 Å². The topological polar surface area (TPSA) is 54.3 Å². The highest BCUT2D eigenvalue weighted by Crippen LogP contribution is 2.48. The van der Waals surface area contributed by atoms with E-state index in [0.717, 1.165) is 30.6 Å². The fraction of sp³-hybridized carbons (Fsp3) is 0.455. The largest absolute Gasteiger partial charge is 0.353 e. The molecule has 0 bridgehead atoms. The number of carbonyl (C=O) groups is 2. The zero-order chi connectivity index (χ0) is 19.0. The smallest absolute Gasteiger partial charge is 0.270 e. The molecule has 2 heterocycles. The molecule has 1 atom stereocenters. The number of aromatic nitrogens is 1. The molecule has 0 spiro atoms. The molecule has 1 fully saturated rings. The van der Waals surface area contributed by atoms with Crippen LogP contribution in [0, 0.1) is 5.92 Å². The number of benzene rings is 1. The van der Waals surface area contributed by atoms with Crippen LogP contribution in [0.15, 0.2) is 48.7 Å². The van der Waals surface area contributed by atoms with Gasteiger partial charge in [-0.3, -0.25) is 9.59 Å². The van der Waals surface area contributed by atoms with E-state index in [1.54, 1.807) is 0 Å². The number of nitrogens with zero attached hydrogens (tertiary/aromatic N) is 2. The molecule has 2 aromatic rings. The molecular formula is C22H27N3O2. The molecule has 142 valence electrons. The summed E-state index contributed by atoms with van der Waals surface area (Å²) in [6, 6.07) is 13.8. The van der Waals surface area contributed by atoms with Crippen LogP contribution >= 0.6 is 0 Å². The lowest BCUT2D eigenvalue weighted by atomic mass is 9.95. The van der Waals surface area contributed by atoms with Gasteiger partial charge in [0.2, 0.25) is 5.91 Å². The van der Waals surface area contributed by atoms with Crippen LogP contribution in [0.5, 0.6) is 0 Å². The van der Waals surface area contributed by atoms with E-state index >= 15 is 0 Å². The Balaban J connectivity index is 1.48. The molecule has 1 N–H and O–H groups in total. The van der Waals surface area contributed by atoms with Crippen molar-refractivity contribution >= 4 is 11.8 Å². The molecule has 1 aliphatic heterocycles. The van der Waals surface area contributed by atoms with Crippen molar-refractivity contribution < 1.29 is 9.59 Å². The van der Waals surface area contributed by atoms with Gasteiger partial charge in [-0.25, -0.2) is 0 Å². The fourth-order valence-corrected chi connectivity index (χ4v) is 4.11. The summed E-state index contributed by atoms with van der Waals surface area (Å²) in [5, 5.41) is 3.15. The van der Waals surface area contributed by atoms with Crippen molar-refractivity contribution in [3.8, 4) is 0 Å². The number of rotatable bonds is 6. The lowest BCUT2D eigenvalue weighted by molar-refractivity contribution is -0.123. The first-order valence-corrected chi connectivity index (χ1v) is 9.81. The molecule has 5 heteroatoms. The molecule has 4 rings (SSSR count). The van der Waals surface area contributed by atoms with Crippen molar-refractivity contribution in [3.05, 3.63) is 59.9 Å². The molecule has 1 saturated carbocycles. The highest BCUT2D eigenvalue weighted by molar-refractivity contribution is 5.94. The molecule has 1 unspecified atom stereocenters.